The molecule has 0 unspecified atom stereocenters. The van der Waals surface area contributed by atoms with Crippen LogP contribution < -0.4 is 114 Å². The molecule has 10 heteroatoms. The first-order chi connectivity index (χ1) is 4.83. The molecule has 0 aromatic heterocycles. The molecule has 0 bridgehead atoms. The van der Waals surface area contributed by atoms with Crippen molar-refractivity contribution in [2.45, 2.75) is 6.04 Å². The van der Waals surface area contributed by atoms with E-state index in [-0.39, 0.29) is 103 Å². The summed E-state index contributed by atoms with van der Waals surface area (Å²) in [7, 11) is -4.87. The minimum atomic E-state index is -4.87. The number of hydrogen-bond donors (Lipinski definition) is 1. The fourth-order valence-electron chi connectivity index (χ4n) is 0.225. The largest absolute Gasteiger partial charge is 1.00 e. The predicted molar refractivity (Wildman–Crippen MR) is 28.6 cm³/mol. The molecule has 0 rings (SSSR count). The summed E-state index contributed by atoms with van der Waals surface area (Å²) in [4.78, 5) is 9.80. The molecule has 66 valence electrons. The molecular formula is C3H5K2NO6S. The number of carbonyl (C=O) groups is 1. The molecule has 0 aliphatic heterocycles. The summed E-state index contributed by atoms with van der Waals surface area (Å²) in [6.07, 6.45) is 0. The summed E-state index contributed by atoms with van der Waals surface area (Å²) in [5.41, 5.74) is 4.73. The Morgan fingerprint density at radius 2 is 1.85 bits per heavy atom. The first kappa shape index (κ1) is 20.9. The molecule has 0 amide bonds. The van der Waals surface area contributed by atoms with Crippen LogP contribution in [0.15, 0.2) is 0 Å². The van der Waals surface area contributed by atoms with Crippen LogP contribution >= 0.6 is 0 Å². The summed E-state index contributed by atoms with van der Waals surface area (Å²) >= 11 is 0. The Bertz CT molecular complexity index is 240. The Morgan fingerprint density at radius 3 is 2.08 bits per heavy atom. The van der Waals surface area contributed by atoms with Crippen LogP contribution in [0.3, 0.4) is 0 Å². The summed E-state index contributed by atoms with van der Waals surface area (Å²) in [6, 6.07) is -1.61. The zero-order valence-corrected chi connectivity index (χ0v) is 14.3. The van der Waals surface area contributed by atoms with E-state index in [9.17, 15) is 22.9 Å². The van der Waals surface area contributed by atoms with Crippen LogP contribution in [0.5, 0.6) is 0 Å². The van der Waals surface area contributed by atoms with Gasteiger partial charge < -0.3 is 20.2 Å². The van der Waals surface area contributed by atoms with Crippen molar-refractivity contribution in [3.63, 3.8) is 0 Å². The van der Waals surface area contributed by atoms with Gasteiger partial charge in [-0.15, -0.1) is 0 Å². The summed E-state index contributed by atoms with van der Waals surface area (Å²) in [6.45, 7) is -0.909. The van der Waals surface area contributed by atoms with Crippen molar-refractivity contribution in [3.05, 3.63) is 0 Å². The maximum absolute atomic E-state index is 9.80. The third-order valence-electron chi connectivity index (χ3n) is 0.695. The second kappa shape index (κ2) is 9.77. The molecule has 0 saturated carbocycles. The van der Waals surface area contributed by atoms with Crippen molar-refractivity contribution in [2.75, 3.05) is 6.61 Å². The first-order valence-corrected chi connectivity index (χ1v) is 3.73. The van der Waals surface area contributed by atoms with Gasteiger partial charge in [-0.1, -0.05) is 0 Å². The number of carboxylic acids is 1. The van der Waals surface area contributed by atoms with Crippen LogP contribution in [0.25, 0.3) is 0 Å². The van der Waals surface area contributed by atoms with E-state index < -0.39 is 29.0 Å². The van der Waals surface area contributed by atoms with Crippen LogP contribution in [0.4, 0.5) is 0 Å². The molecule has 0 aliphatic rings. The smallest absolute Gasteiger partial charge is 0.726 e. The Hall–Kier alpha value is 2.57. The van der Waals surface area contributed by atoms with Crippen molar-refractivity contribution in [1.29, 1.82) is 0 Å². The Labute approximate surface area is 161 Å². The van der Waals surface area contributed by atoms with E-state index in [2.05, 4.69) is 4.18 Å². The van der Waals surface area contributed by atoms with Gasteiger partial charge in [0, 0.05) is 0 Å². The molecule has 0 aromatic rings. The monoisotopic (exact) mass is 261 g/mol. The van der Waals surface area contributed by atoms with Crippen molar-refractivity contribution in [1.82, 2.24) is 0 Å². The SMILES string of the molecule is N[C@@H](COS(=O)(=O)[O-])C(=O)[O-].[K+].[K+]. The van der Waals surface area contributed by atoms with Gasteiger partial charge in [0.2, 0.25) is 10.4 Å². The third-order valence-corrected chi connectivity index (χ3v) is 1.12. The second-order valence-corrected chi connectivity index (χ2v) is 2.67. The average Bonchev–Trinajstić information content (AvgIpc) is 1.80. The van der Waals surface area contributed by atoms with Crippen molar-refractivity contribution in [3.8, 4) is 0 Å². The van der Waals surface area contributed by atoms with Gasteiger partial charge in [0.1, 0.15) is 0 Å². The molecule has 1 atom stereocenters. The van der Waals surface area contributed by atoms with E-state index in [0.29, 0.717) is 0 Å². The van der Waals surface area contributed by atoms with Crippen molar-refractivity contribution < 1.29 is 130 Å². The fraction of sp³-hybridized carbons (Fsp3) is 0.667. The van der Waals surface area contributed by atoms with Gasteiger partial charge in [-0.2, -0.15) is 0 Å². The zero-order chi connectivity index (χ0) is 9.07. The first-order valence-electron chi connectivity index (χ1n) is 2.39. The number of nitrogens with two attached hydrogens (primary N) is 1. The number of aliphatic carboxylic acids is 1. The molecule has 13 heavy (non-hydrogen) atoms. The summed E-state index contributed by atoms with van der Waals surface area (Å²) in [5.74, 6) is -1.69. The van der Waals surface area contributed by atoms with Crippen molar-refractivity contribution in [2.24, 2.45) is 5.73 Å². The Morgan fingerprint density at radius 1 is 1.46 bits per heavy atom. The number of hydrogen-bond acceptors (Lipinski definition) is 7. The second-order valence-electron chi connectivity index (χ2n) is 1.62. The van der Waals surface area contributed by atoms with Gasteiger partial charge in [0.25, 0.3) is 0 Å². The minimum Gasteiger partial charge on any atom is -0.726 e. The van der Waals surface area contributed by atoms with E-state index in [4.69, 9.17) is 5.73 Å². The molecule has 2 N–H and O–H groups in total. The van der Waals surface area contributed by atoms with Crippen LogP contribution in [0.1, 0.15) is 0 Å². The number of carbonyl (C=O) groups excluding carboxylic acids is 1. The Kier molecular flexibility index (Phi) is 15.7. The number of rotatable bonds is 4. The molecule has 0 aliphatic carbocycles. The van der Waals surface area contributed by atoms with Crippen molar-refractivity contribution >= 4 is 16.4 Å². The van der Waals surface area contributed by atoms with Gasteiger partial charge in [0.15, 0.2) is 0 Å². The molecule has 0 fully saturated rings. The standard InChI is InChI=1S/C3H7NO6S.2K/c4-2(3(5)6)1-10-11(7,8)9;;/h2H,1,4H2,(H,5,6)(H,7,8,9);;/q;2*+1/p-2/t2-;;/m0../s1. The van der Waals surface area contributed by atoms with Gasteiger partial charge in [-0.25, -0.2) is 8.42 Å². The van der Waals surface area contributed by atoms with Crippen LogP contribution in [-0.2, 0) is 19.4 Å². The quantitative estimate of drug-likeness (QED) is 0.302. The topological polar surface area (TPSA) is 133 Å². The van der Waals surface area contributed by atoms with E-state index in [0.717, 1.165) is 0 Å². The van der Waals surface area contributed by atoms with E-state index >= 15 is 0 Å². The maximum atomic E-state index is 9.80. The van der Waals surface area contributed by atoms with Gasteiger partial charge in [-0.3, -0.25) is 4.18 Å². The normalized spacial score (nSPS) is 12.2. The minimum absolute atomic E-state index is 0. The summed E-state index contributed by atoms with van der Waals surface area (Å²) < 4.78 is 32.7. The predicted octanol–water partition coefficient (Wildman–Crippen LogP) is -9.45. The van der Waals surface area contributed by atoms with Crippen LogP contribution in [0.2, 0.25) is 0 Å². The molecule has 0 heterocycles. The Balaban J connectivity index is -0.000000500. The molecule has 7 nitrogen and oxygen atoms in total. The summed E-state index contributed by atoms with van der Waals surface area (Å²) in [5, 5.41) is 9.80. The fourth-order valence-corrected chi connectivity index (χ4v) is 0.538. The number of carboxylic acid groups (broad SMARTS) is 1. The molecular weight excluding hydrogens is 256 g/mol. The molecule has 0 radical (unpaired) electrons. The van der Waals surface area contributed by atoms with Gasteiger partial charge >= 0.3 is 103 Å². The van der Waals surface area contributed by atoms with E-state index in [1.807, 2.05) is 0 Å². The van der Waals surface area contributed by atoms with Crippen LogP contribution in [0, 0.1) is 0 Å². The maximum Gasteiger partial charge on any atom is 1.00 e. The van der Waals surface area contributed by atoms with E-state index in [1.54, 1.807) is 0 Å². The molecule has 0 aromatic carbocycles. The zero-order valence-electron chi connectivity index (χ0n) is 7.22. The van der Waals surface area contributed by atoms with E-state index in [1.165, 1.54) is 0 Å². The molecule has 0 spiro atoms. The average molecular weight is 261 g/mol. The third kappa shape index (κ3) is 14.6. The van der Waals surface area contributed by atoms with Crippen LogP contribution in [-0.4, -0.2) is 31.6 Å². The van der Waals surface area contributed by atoms with Gasteiger partial charge in [-0.05, 0) is 0 Å². The molecule has 0 saturated heterocycles. The van der Waals surface area contributed by atoms with Gasteiger partial charge in [0.05, 0.1) is 18.6 Å².